The van der Waals surface area contributed by atoms with Crippen LogP contribution in [0.2, 0.25) is 0 Å². The van der Waals surface area contributed by atoms with Gasteiger partial charge in [0, 0.05) is 11.3 Å². The molecule has 2 aromatic rings. The zero-order valence-corrected chi connectivity index (χ0v) is 9.01. The number of amides is 1. The second-order valence-electron chi connectivity index (χ2n) is 3.39. The first-order chi connectivity index (χ1) is 7.70. The molecule has 0 aliphatic rings. The Labute approximate surface area is 92.3 Å². The minimum Gasteiger partial charge on any atom is -0.328 e. The lowest BCUT2D eigenvalue weighted by atomic mass is 10.1. The monoisotopic (exact) mass is 217 g/mol. The number of hydrogen-bond donors (Lipinski definition) is 1. The van der Waals surface area contributed by atoms with Gasteiger partial charge in [-0.2, -0.15) is 4.80 Å². The van der Waals surface area contributed by atoms with Gasteiger partial charge in [0.05, 0.1) is 7.05 Å². The number of rotatable bonds is 3. The molecular weight excluding hydrogens is 206 g/mol. The number of aryl methyl sites for hydroxylation is 2. The van der Waals surface area contributed by atoms with E-state index in [1.807, 2.05) is 25.1 Å². The Hall–Kier alpha value is -2.24. The fraction of sp³-hybridized carbons (Fsp3) is 0.200. The van der Waals surface area contributed by atoms with Gasteiger partial charge in [0.15, 0.2) is 0 Å². The minimum absolute atomic E-state index is 0.538. The molecule has 6 nitrogen and oxygen atoms in total. The molecule has 1 aromatic carbocycles. The van der Waals surface area contributed by atoms with Crippen LogP contribution in [0.3, 0.4) is 0 Å². The zero-order chi connectivity index (χ0) is 11.5. The van der Waals surface area contributed by atoms with Gasteiger partial charge in [0.25, 0.3) is 0 Å². The van der Waals surface area contributed by atoms with Crippen molar-refractivity contribution in [1.29, 1.82) is 0 Å². The third kappa shape index (κ3) is 1.90. The Kier molecular flexibility index (Phi) is 2.63. The average Bonchev–Trinajstić information content (AvgIpc) is 2.69. The fourth-order valence-electron chi connectivity index (χ4n) is 1.38. The van der Waals surface area contributed by atoms with Crippen LogP contribution >= 0.6 is 0 Å². The van der Waals surface area contributed by atoms with Crippen LogP contribution in [0, 0.1) is 6.92 Å². The van der Waals surface area contributed by atoms with Crippen LogP contribution in [0.15, 0.2) is 18.2 Å². The lowest BCUT2D eigenvalue weighted by Crippen LogP contribution is -1.97. The molecule has 0 fully saturated rings. The molecule has 1 N–H and O–H groups in total. The van der Waals surface area contributed by atoms with Gasteiger partial charge in [0.1, 0.15) is 0 Å². The zero-order valence-electron chi connectivity index (χ0n) is 9.01. The van der Waals surface area contributed by atoms with E-state index < -0.39 is 0 Å². The first-order valence-corrected chi connectivity index (χ1v) is 4.76. The third-order valence-electron chi connectivity index (χ3n) is 2.22. The van der Waals surface area contributed by atoms with E-state index in [2.05, 4.69) is 20.7 Å². The number of carbonyl (C=O) groups excluding carboxylic acids is 1. The van der Waals surface area contributed by atoms with Gasteiger partial charge in [0.2, 0.25) is 12.2 Å². The van der Waals surface area contributed by atoms with E-state index >= 15 is 0 Å². The van der Waals surface area contributed by atoms with Crippen LogP contribution in [-0.2, 0) is 11.8 Å². The molecule has 6 heteroatoms. The van der Waals surface area contributed by atoms with Crippen molar-refractivity contribution in [3.05, 3.63) is 23.8 Å². The molecule has 2 rings (SSSR count). The van der Waals surface area contributed by atoms with Crippen molar-refractivity contribution in [1.82, 2.24) is 20.2 Å². The number of nitrogens with zero attached hydrogens (tertiary/aromatic N) is 4. The molecule has 1 heterocycles. The largest absolute Gasteiger partial charge is 0.328 e. The molecule has 0 atom stereocenters. The summed E-state index contributed by atoms with van der Waals surface area (Å²) >= 11 is 0. The van der Waals surface area contributed by atoms with Crippen molar-refractivity contribution in [2.24, 2.45) is 7.05 Å². The van der Waals surface area contributed by atoms with Gasteiger partial charge in [-0.25, -0.2) is 0 Å². The maximum atomic E-state index is 10.4. The first-order valence-electron chi connectivity index (χ1n) is 4.76. The van der Waals surface area contributed by atoms with Gasteiger partial charge in [-0.1, -0.05) is 12.1 Å². The highest BCUT2D eigenvalue weighted by Gasteiger charge is 2.06. The number of carbonyl (C=O) groups is 1. The summed E-state index contributed by atoms with van der Waals surface area (Å²) in [6, 6.07) is 5.61. The number of nitrogens with one attached hydrogen (secondary N) is 1. The predicted molar refractivity (Wildman–Crippen MR) is 58.7 cm³/mol. The Morgan fingerprint density at radius 2 is 2.25 bits per heavy atom. The van der Waals surface area contributed by atoms with Gasteiger partial charge in [-0.05, 0) is 23.8 Å². The molecule has 0 aliphatic heterocycles. The van der Waals surface area contributed by atoms with E-state index in [1.54, 1.807) is 7.05 Å². The number of anilines is 1. The Bertz CT molecular complexity index is 520. The maximum Gasteiger partial charge on any atom is 0.211 e. The second-order valence-corrected chi connectivity index (χ2v) is 3.39. The van der Waals surface area contributed by atoms with Crippen LogP contribution in [0.4, 0.5) is 5.69 Å². The van der Waals surface area contributed by atoms with Gasteiger partial charge < -0.3 is 5.32 Å². The fourth-order valence-corrected chi connectivity index (χ4v) is 1.38. The highest BCUT2D eigenvalue weighted by atomic mass is 16.1. The van der Waals surface area contributed by atoms with E-state index in [4.69, 9.17) is 0 Å². The standard InChI is InChI=1S/C10H11N5O/c1-7-3-4-8(5-9(7)11-6-16)10-12-14-15(2)13-10/h3-6H,1-2H3,(H,11,16). The maximum absolute atomic E-state index is 10.4. The first kappa shape index (κ1) is 10.3. The summed E-state index contributed by atoms with van der Waals surface area (Å²) in [6.07, 6.45) is 0.649. The second kappa shape index (κ2) is 4.09. The van der Waals surface area contributed by atoms with Gasteiger partial charge in [-0.3, -0.25) is 4.79 Å². The van der Waals surface area contributed by atoms with E-state index in [1.165, 1.54) is 4.80 Å². The molecule has 82 valence electrons. The van der Waals surface area contributed by atoms with Crippen LogP contribution in [0.1, 0.15) is 5.56 Å². The molecule has 0 unspecified atom stereocenters. The summed E-state index contributed by atoms with van der Waals surface area (Å²) in [5.74, 6) is 0.538. The molecule has 0 saturated heterocycles. The molecule has 0 spiro atoms. The van der Waals surface area contributed by atoms with E-state index in [0.717, 1.165) is 16.8 Å². The van der Waals surface area contributed by atoms with Crippen molar-refractivity contribution in [2.75, 3.05) is 5.32 Å². The number of benzene rings is 1. The highest BCUT2D eigenvalue weighted by molar-refractivity contribution is 5.76. The Morgan fingerprint density at radius 1 is 1.44 bits per heavy atom. The summed E-state index contributed by atoms with van der Waals surface area (Å²) in [6.45, 7) is 1.92. The van der Waals surface area contributed by atoms with Gasteiger partial charge >= 0.3 is 0 Å². The quantitative estimate of drug-likeness (QED) is 0.770. The summed E-state index contributed by atoms with van der Waals surface area (Å²) < 4.78 is 0. The van der Waals surface area contributed by atoms with Crippen LogP contribution < -0.4 is 5.32 Å². The molecule has 16 heavy (non-hydrogen) atoms. The lowest BCUT2D eigenvalue weighted by molar-refractivity contribution is -0.105. The van der Waals surface area contributed by atoms with Crippen molar-refractivity contribution in [3.8, 4) is 11.4 Å². The molecule has 0 bridgehead atoms. The molecule has 1 aromatic heterocycles. The smallest absolute Gasteiger partial charge is 0.211 e. The summed E-state index contributed by atoms with van der Waals surface area (Å²) in [7, 11) is 1.70. The van der Waals surface area contributed by atoms with Crippen molar-refractivity contribution in [2.45, 2.75) is 6.92 Å². The summed E-state index contributed by atoms with van der Waals surface area (Å²) in [5, 5.41) is 14.4. The highest BCUT2D eigenvalue weighted by Crippen LogP contribution is 2.21. The van der Waals surface area contributed by atoms with Crippen molar-refractivity contribution in [3.63, 3.8) is 0 Å². The number of tetrazole rings is 1. The molecule has 1 amide bonds. The van der Waals surface area contributed by atoms with Gasteiger partial charge in [-0.15, -0.1) is 10.2 Å². The Balaban J connectivity index is 2.42. The molecule has 0 saturated carbocycles. The van der Waals surface area contributed by atoms with E-state index in [9.17, 15) is 4.79 Å². The number of hydrogen-bond acceptors (Lipinski definition) is 4. The minimum atomic E-state index is 0.538. The lowest BCUT2D eigenvalue weighted by Gasteiger charge is -2.04. The topological polar surface area (TPSA) is 72.7 Å². The van der Waals surface area contributed by atoms with Crippen LogP contribution in [-0.4, -0.2) is 26.6 Å². The van der Waals surface area contributed by atoms with E-state index in [-0.39, 0.29) is 0 Å². The predicted octanol–water partition coefficient (Wildman–Crippen LogP) is 0.754. The number of aromatic nitrogens is 4. The molecular formula is C10H11N5O. The molecule has 0 aliphatic carbocycles. The average molecular weight is 217 g/mol. The van der Waals surface area contributed by atoms with Crippen molar-refractivity contribution >= 4 is 12.1 Å². The Morgan fingerprint density at radius 3 is 2.88 bits per heavy atom. The van der Waals surface area contributed by atoms with Crippen LogP contribution in [0.5, 0.6) is 0 Å². The summed E-state index contributed by atoms with van der Waals surface area (Å²) in [4.78, 5) is 11.8. The molecule has 0 radical (unpaired) electrons. The summed E-state index contributed by atoms with van der Waals surface area (Å²) in [5.41, 5.74) is 2.56. The SMILES string of the molecule is Cc1ccc(-c2nnn(C)n2)cc1NC=O. The van der Waals surface area contributed by atoms with Crippen LogP contribution in [0.25, 0.3) is 11.4 Å². The third-order valence-corrected chi connectivity index (χ3v) is 2.22. The van der Waals surface area contributed by atoms with Crippen molar-refractivity contribution < 1.29 is 4.79 Å². The normalized spacial score (nSPS) is 10.1. The van der Waals surface area contributed by atoms with E-state index in [0.29, 0.717) is 12.2 Å².